The van der Waals surface area contributed by atoms with Crippen LogP contribution in [0.2, 0.25) is 0 Å². The van der Waals surface area contributed by atoms with Crippen molar-refractivity contribution >= 4 is 11.3 Å². The van der Waals surface area contributed by atoms with Crippen molar-refractivity contribution in [1.82, 2.24) is 4.98 Å². The first-order chi connectivity index (χ1) is 41.8. The number of rotatable bonds is 16. The molecule has 1 fully saturated rings. The summed E-state index contributed by atoms with van der Waals surface area (Å²) < 4.78 is 0. The molecule has 1 aromatic heterocycles. The summed E-state index contributed by atoms with van der Waals surface area (Å²) in [5.41, 5.74) is 26.7. The number of aromatic nitrogens is 1. The van der Waals surface area contributed by atoms with E-state index in [4.69, 9.17) is 15.5 Å². The second kappa shape index (κ2) is 29.8. The first-order valence-corrected chi connectivity index (χ1v) is 30.5. The molecule has 9 aromatic carbocycles. The van der Waals surface area contributed by atoms with Crippen molar-refractivity contribution in [3.63, 3.8) is 0 Å². The van der Waals surface area contributed by atoms with Gasteiger partial charge in [0.05, 0.1) is 22.2 Å². The van der Waals surface area contributed by atoms with Crippen LogP contribution in [0.3, 0.4) is 0 Å². The molecule has 88 heavy (non-hydrogen) atoms. The Morgan fingerprint density at radius 1 is 0.557 bits per heavy atom. The topological polar surface area (TPSA) is 75.2 Å². The summed E-state index contributed by atoms with van der Waals surface area (Å²) >= 11 is 0. The van der Waals surface area contributed by atoms with Crippen LogP contribution in [-0.2, 0) is 34.0 Å². The van der Waals surface area contributed by atoms with Crippen molar-refractivity contribution in [3.05, 3.63) is 381 Å². The third-order valence-electron chi connectivity index (χ3n) is 17.4. The molecule has 0 N–H and O–H groups in total. The molecule has 1 aliphatic heterocycles. The van der Waals surface area contributed by atoms with Gasteiger partial charge < -0.3 is 12.4 Å². The summed E-state index contributed by atoms with van der Waals surface area (Å²) in [7, 11) is 0. The van der Waals surface area contributed by atoms with Gasteiger partial charge in [0.25, 0.3) is 0 Å². The van der Waals surface area contributed by atoms with Crippen LogP contribution in [0.15, 0.2) is 295 Å². The number of nitrogens with zero attached hydrogens (tertiary/aromatic N) is 5. The van der Waals surface area contributed by atoms with Gasteiger partial charge in [-0.1, -0.05) is 305 Å². The largest absolute Gasteiger partial charge is 2.00 e. The predicted molar refractivity (Wildman–Crippen MR) is 366 cm³/mol. The Kier molecular flexibility index (Phi) is 22.0. The number of aliphatic imine (C=N–C) groups is 1. The standard InChI is InChI=1S/C56H45N2.C13H18.C12H17N3.CH3.Co/c1-40-38-41(2)53(42(3)39-40)54(49-34-36-51(57-49)55(43-22-10-4-11-23-43,44-24-12-5-13-25-44)45-26-14-6-15-27-45)50-35-37-52(58-50)56(46-28-16-7-17-29-46,47-30-18-8-19-31-47)48-32-20-9-21-33-48;1-13(2)9-8-12(10-13)11-6-4-3-5-7-11;1-12(2,14-15-13)10-6-9-11-7-4-3-5-8-11;;/h4-39H,1-3H3;3-7,12H,8-10H2,1-2H3;3-5,7-8H,6,9-10H2,1-2H3;1H3;/q-1;;;-1;+2. The molecule has 5 nitrogen and oxygen atoms in total. The van der Waals surface area contributed by atoms with Crippen molar-refractivity contribution < 1.29 is 16.8 Å². The Bertz CT molecular complexity index is 3720. The van der Waals surface area contributed by atoms with Crippen LogP contribution < -0.4 is 4.98 Å². The van der Waals surface area contributed by atoms with Gasteiger partial charge in [0, 0.05) is 10.5 Å². The van der Waals surface area contributed by atoms with E-state index < -0.39 is 10.8 Å². The van der Waals surface area contributed by atoms with Crippen LogP contribution in [0.5, 0.6) is 0 Å². The number of aryl methyl sites for hydroxylation is 4. The Hall–Kier alpha value is -8.77. The van der Waals surface area contributed by atoms with Crippen LogP contribution in [0.4, 0.5) is 0 Å². The third kappa shape index (κ3) is 14.6. The average Bonchev–Trinajstić information content (AvgIpc) is 1.45. The normalized spacial score (nSPS) is 14.7. The first kappa shape index (κ1) is 65.2. The minimum absolute atomic E-state index is 0. The summed E-state index contributed by atoms with van der Waals surface area (Å²) in [5, 5.41) is 3.77. The second-order valence-electron chi connectivity index (χ2n) is 24.6. The van der Waals surface area contributed by atoms with Crippen LogP contribution in [0.1, 0.15) is 144 Å². The van der Waals surface area contributed by atoms with Crippen LogP contribution in [0, 0.1) is 33.6 Å². The van der Waals surface area contributed by atoms with Crippen molar-refractivity contribution in [2.24, 2.45) is 15.5 Å². The fraction of sp³-hybridized carbons (Fsp3) is 0.220. The second-order valence-corrected chi connectivity index (χ2v) is 24.6. The van der Waals surface area contributed by atoms with E-state index in [0.29, 0.717) is 5.41 Å². The minimum atomic E-state index is -0.668. The summed E-state index contributed by atoms with van der Waals surface area (Å²) in [6, 6.07) is 95.1. The van der Waals surface area contributed by atoms with Crippen molar-refractivity contribution in [3.8, 4) is 0 Å². The zero-order valence-electron chi connectivity index (χ0n) is 52.4. The monoisotopic (exact) mass is 1200 g/mol. The van der Waals surface area contributed by atoms with E-state index in [1.165, 1.54) is 47.1 Å². The number of hydrogen-bond acceptors (Lipinski definition) is 2. The van der Waals surface area contributed by atoms with E-state index >= 15 is 0 Å². The molecule has 2 aliphatic rings. The van der Waals surface area contributed by atoms with Crippen molar-refractivity contribution in [2.75, 3.05) is 0 Å². The van der Waals surface area contributed by atoms with Gasteiger partial charge >= 0.3 is 16.8 Å². The van der Waals surface area contributed by atoms with Gasteiger partial charge in [-0.3, -0.25) is 4.99 Å². The predicted octanol–water partition coefficient (Wildman–Crippen LogP) is 21.3. The molecule has 1 atom stereocenters. The zero-order chi connectivity index (χ0) is 60.0. The van der Waals surface area contributed by atoms with E-state index in [-0.39, 0.29) is 29.7 Å². The number of azide groups is 1. The fourth-order valence-corrected chi connectivity index (χ4v) is 13.4. The average molecular weight is 1200 g/mol. The quantitative estimate of drug-likeness (QED) is 0.0312. The van der Waals surface area contributed by atoms with Gasteiger partial charge in [0.1, 0.15) is 0 Å². The van der Waals surface area contributed by atoms with Gasteiger partial charge in [-0.25, -0.2) is 0 Å². The maximum atomic E-state index is 8.38. The Labute approximate surface area is 535 Å². The van der Waals surface area contributed by atoms with Crippen molar-refractivity contribution in [1.29, 1.82) is 0 Å². The maximum Gasteiger partial charge on any atom is 2.00 e. The molecule has 1 saturated carbocycles. The SMILES string of the molecule is CC(C)(CCCc1ccccc1)N=[N+]=[N-].CC1(C)CCC(c2ccccc2)C1.Cc1cc(C)c(C(=C2C=CC(C(c3ccccc3)(c3ccccc3)c3ccccc3)=N2)c2ccc(C(c3ccccc3)(c3ccccc3)c3ccccc3)[n-]2)c(C)c1.[CH3-].[Co+2]. The van der Waals surface area contributed by atoms with Gasteiger partial charge in [-0.05, 0) is 155 Å². The third-order valence-corrected chi connectivity index (χ3v) is 17.4. The summed E-state index contributed by atoms with van der Waals surface area (Å²) in [4.78, 5) is 14.3. The molecule has 445 valence electrons. The van der Waals surface area contributed by atoms with Crippen molar-refractivity contribution in [2.45, 2.75) is 109 Å². The van der Waals surface area contributed by atoms with Crippen LogP contribution >= 0.6 is 0 Å². The molecule has 1 unspecified atom stereocenters. The van der Waals surface area contributed by atoms with E-state index in [0.717, 1.165) is 92.5 Å². The van der Waals surface area contributed by atoms with Crippen LogP contribution in [-0.4, -0.2) is 11.3 Å². The molecule has 12 rings (SSSR count). The molecular formula is C82H83CoN5. The molecular weight excluding hydrogens is 1110 g/mol. The molecule has 2 heterocycles. The summed E-state index contributed by atoms with van der Waals surface area (Å²) in [6.45, 7) is 15.3. The minimum Gasteiger partial charge on any atom is -0.659 e. The van der Waals surface area contributed by atoms with E-state index in [2.05, 4.69) is 306 Å². The van der Waals surface area contributed by atoms with E-state index in [1.807, 2.05) is 32.0 Å². The van der Waals surface area contributed by atoms with E-state index in [1.54, 1.807) is 0 Å². The number of benzene rings is 9. The first-order valence-electron chi connectivity index (χ1n) is 30.5. The summed E-state index contributed by atoms with van der Waals surface area (Å²) in [5.74, 6) is 0.816. The Balaban J connectivity index is 0.000000274. The van der Waals surface area contributed by atoms with Gasteiger partial charge in [0.2, 0.25) is 0 Å². The number of hydrogen-bond donors (Lipinski definition) is 0. The summed E-state index contributed by atoms with van der Waals surface area (Å²) in [6.07, 6.45) is 11.6. The van der Waals surface area contributed by atoms with E-state index in [9.17, 15) is 0 Å². The maximum absolute atomic E-state index is 8.38. The smallest absolute Gasteiger partial charge is 0.659 e. The zero-order valence-corrected chi connectivity index (χ0v) is 53.5. The fourth-order valence-electron chi connectivity index (χ4n) is 13.4. The molecule has 1 radical (unpaired) electrons. The molecule has 1 aliphatic carbocycles. The molecule has 0 amide bonds. The Morgan fingerprint density at radius 2 is 0.966 bits per heavy atom. The molecule has 6 heteroatoms. The molecule has 0 bridgehead atoms. The molecule has 10 aromatic rings. The van der Waals surface area contributed by atoms with Gasteiger partial charge in [-0.2, -0.15) is 0 Å². The van der Waals surface area contributed by atoms with Gasteiger partial charge in [-0.15, -0.1) is 11.4 Å². The van der Waals surface area contributed by atoms with Gasteiger partial charge in [0.15, 0.2) is 0 Å². The number of allylic oxidation sites excluding steroid dienone is 2. The van der Waals surface area contributed by atoms with Crippen LogP contribution in [0.25, 0.3) is 16.0 Å². The molecule has 0 saturated heterocycles. The molecule has 0 spiro atoms. The Morgan fingerprint density at radius 3 is 1.38 bits per heavy atom.